The summed E-state index contributed by atoms with van der Waals surface area (Å²) in [5, 5.41) is 9.20. The fourth-order valence-electron chi connectivity index (χ4n) is 4.58. The molecule has 1 N–H and O–H groups in total. The molecule has 2 aliphatic rings. The number of rotatable bonds is 6. The van der Waals surface area contributed by atoms with E-state index in [0.717, 1.165) is 60.5 Å². The Kier molecular flexibility index (Phi) is 5.90. The number of piperidine rings is 1. The number of fused-ring (bicyclic) bond motifs is 2. The van der Waals surface area contributed by atoms with E-state index in [-0.39, 0.29) is 5.56 Å². The molecule has 1 atom stereocenters. The maximum atomic E-state index is 12.5. The molecule has 0 aliphatic carbocycles. The molecule has 2 aromatic heterocycles. The van der Waals surface area contributed by atoms with E-state index in [2.05, 4.69) is 31.3 Å². The second kappa shape index (κ2) is 9.11. The van der Waals surface area contributed by atoms with Gasteiger partial charge in [0.15, 0.2) is 0 Å². The van der Waals surface area contributed by atoms with E-state index in [9.17, 15) is 4.79 Å². The van der Waals surface area contributed by atoms with Crippen molar-refractivity contribution < 1.29 is 4.74 Å². The van der Waals surface area contributed by atoms with Gasteiger partial charge in [-0.15, -0.1) is 0 Å². The van der Waals surface area contributed by atoms with Crippen LogP contribution in [0.15, 0.2) is 41.5 Å². The van der Waals surface area contributed by atoms with Crippen LogP contribution in [0.4, 0.5) is 5.82 Å². The van der Waals surface area contributed by atoms with Gasteiger partial charge in [0.25, 0.3) is 5.56 Å². The molecule has 0 saturated carbocycles. The summed E-state index contributed by atoms with van der Waals surface area (Å²) in [6.45, 7) is 4.47. The quantitative estimate of drug-likeness (QED) is 0.654. The van der Waals surface area contributed by atoms with E-state index in [1.165, 1.54) is 12.8 Å². The molecule has 0 amide bonds. The lowest BCUT2D eigenvalue weighted by molar-refractivity contribution is 0.107. The highest BCUT2D eigenvalue weighted by atomic mass is 16.5. The van der Waals surface area contributed by atoms with E-state index >= 15 is 0 Å². The van der Waals surface area contributed by atoms with Gasteiger partial charge in [0.05, 0.1) is 31.0 Å². The van der Waals surface area contributed by atoms with E-state index in [0.29, 0.717) is 25.8 Å². The first kappa shape index (κ1) is 20.1. The SMILES string of the molecule is O=c1cc2c(nn1CCN1CCCCC1CNc1ncnc3ccccc13)CCOC2. The fraction of sp³-hybridized carbons (Fsp3) is 0.478. The Morgan fingerprint density at radius 1 is 1.16 bits per heavy atom. The molecule has 0 spiro atoms. The maximum absolute atomic E-state index is 12.5. The number of nitrogens with one attached hydrogen (secondary N) is 1. The Balaban J connectivity index is 1.25. The lowest BCUT2D eigenvalue weighted by Gasteiger charge is -2.36. The third kappa shape index (κ3) is 4.45. The molecule has 4 heterocycles. The summed E-state index contributed by atoms with van der Waals surface area (Å²) in [7, 11) is 0. The Morgan fingerprint density at radius 3 is 3.06 bits per heavy atom. The number of nitrogens with zero attached hydrogens (tertiary/aromatic N) is 5. The monoisotopic (exact) mass is 420 g/mol. The zero-order valence-corrected chi connectivity index (χ0v) is 17.7. The minimum Gasteiger partial charge on any atom is -0.376 e. The van der Waals surface area contributed by atoms with Gasteiger partial charge in [-0.2, -0.15) is 5.10 Å². The van der Waals surface area contributed by atoms with Gasteiger partial charge >= 0.3 is 0 Å². The van der Waals surface area contributed by atoms with Gasteiger partial charge in [0, 0.05) is 42.6 Å². The summed E-state index contributed by atoms with van der Waals surface area (Å²) in [4.78, 5) is 23.8. The number of para-hydroxylation sites is 1. The molecule has 8 heteroatoms. The van der Waals surface area contributed by atoms with Crippen molar-refractivity contribution in [3.63, 3.8) is 0 Å². The van der Waals surface area contributed by atoms with Crippen molar-refractivity contribution in [2.45, 2.75) is 44.9 Å². The average Bonchev–Trinajstić information content (AvgIpc) is 2.82. The highest BCUT2D eigenvalue weighted by Gasteiger charge is 2.23. The normalized spacial score (nSPS) is 19.3. The summed E-state index contributed by atoms with van der Waals surface area (Å²) in [5.41, 5.74) is 2.84. The molecule has 3 aromatic rings. The minimum absolute atomic E-state index is 0.0385. The summed E-state index contributed by atoms with van der Waals surface area (Å²) in [5.74, 6) is 0.880. The molecule has 2 aliphatic heterocycles. The second-order valence-electron chi connectivity index (χ2n) is 8.29. The predicted molar refractivity (Wildman–Crippen MR) is 119 cm³/mol. The number of aromatic nitrogens is 4. The lowest BCUT2D eigenvalue weighted by Crippen LogP contribution is -2.46. The highest BCUT2D eigenvalue weighted by Crippen LogP contribution is 2.21. The van der Waals surface area contributed by atoms with Gasteiger partial charge in [0.1, 0.15) is 12.1 Å². The first-order valence-corrected chi connectivity index (χ1v) is 11.1. The molecule has 162 valence electrons. The summed E-state index contributed by atoms with van der Waals surface area (Å²) in [6, 6.07) is 10.2. The molecular weight excluding hydrogens is 392 g/mol. The molecule has 5 rings (SSSR count). The summed E-state index contributed by atoms with van der Waals surface area (Å²) >= 11 is 0. The molecule has 8 nitrogen and oxygen atoms in total. The zero-order chi connectivity index (χ0) is 21.0. The van der Waals surface area contributed by atoms with Gasteiger partial charge in [-0.3, -0.25) is 9.69 Å². The molecular formula is C23H28N6O2. The number of hydrogen-bond acceptors (Lipinski definition) is 7. The first-order chi connectivity index (χ1) is 15.3. The second-order valence-corrected chi connectivity index (χ2v) is 8.29. The summed E-state index contributed by atoms with van der Waals surface area (Å²) in [6.07, 6.45) is 5.95. The van der Waals surface area contributed by atoms with Crippen LogP contribution in [-0.2, 0) is 24.3 Å². The predicted octanol–water partition coefficient (Wildman–Crippen LogP) is 2.23. The van der Waals surface area contributed by atoms with Crippen LogP contribution in [0.25, 0.3) is 10.9 Å². The van der Waals surface area contributed by atoms with Crippen LogP contribution < -0.4 is 10.9 Å². The van der Waals surface area contributed by atoms with Crippen molar-refractivity contribution >= 4 is 16.7 Å². The smallest absolute Gasteiger partial charge is 0.267 e. The van der Waals surface area contributed by atoms with Crippen molar-refractivity contribution in [1.29, 1.82) is 0 Å². The van der Waals surface area contributed by atoms with E-state index < -0.39 is 0 Å². The third-order valence-electron chi connectivity index (χ3n) is 6.30. The van der Waals surface area contributed by atoms with Crippen molar-refractivity contribution in [1.82, 2.24) is 24.6 Å². The fourth-order valence-corrected chi connectivity index (χ4v) is 4.58. The number of hydrogen-bond donors (Lipinski definition) is 1. The molecule has 1 fully saturated rings. The maximum Gasteiger partial charge on any atom is 0.267 e. The Labute approximate surface area is 181 Å². The number of likely N-dealkylation sites (tertiary alicyclic amines) is 1. The van der Waals surface area contributed by atoms with Crippen molar-refractivity contribution in [2.24, 2.45) is 0 Å². The van der Waals surface area contributed by atoms with Crippen LogP contribution in [0, 0.1) is 0 Å². The van der Waals surface area contributed by atoms with E-state index in [4.69, 9.17) is 4.74 Å². The van der Waals surface area contributed by atoms with Crippen LogP contribution in [0.1, 0.15) is 30.5 Å². The molecule has 1 saturated heterocycles. The number of benzene rings is 1. The topological polar surface area (TPSA) is 85.2 Å². The van der Waals surface area contributed by atoms with E-state index in [1.807, 2.05) is 18.2 Å². The molecule has 31 heavy (non-hydrogen) atoms. The Morgan fingerprint density at radius 2 is 2.10 bits per heavy atom. The number of ether oxygens (including phenoxy) is 1. The third-order valence-corrected chi connectivity index (χ3v) is 6.30. The molecule has 1 aromatic carbocycles. The summed E-state index contributed by atoms with van der Waals surface area (Å²) < 4.78 is 7.06. The number of anilines is 1. The van der Waals surface area contributed by atoms with Gasteiger partial charge in [-0.25, -0.2) is 14.6 Å². The average molecular weight is 421 g/mol. The molecule has 1 unspecified atom stereocenters. The molecule has 0 radical (unpaired) electrons. The first-order valence-electron chi connectivity index (χ1n) is 11.1. The zero-order valence-electron chi connectivity index (χ0n) is 17.7. The van der Waals surface area contributed by atoms with Crippen LogP contribution in [0.3, 0.4) is 0 Å². The van der Waals surface area contributed by atoms with Gasteiger partial charge in [-0.05, 0) is 31.5 Å². The van der Waals surface area contributed by atoms with Crippen molar-refractivity contribution in [3.05, 3.63) is 58.3 Å². The highest BCUT2D eigenvalue weighted by molar-refractivity contribution is 5.88. The van der Waals surface area contributed by atoms with Gasteiger partial charge in [0.2, 0.25) is 0 Å². The lowest BCUT2D eigenvalue weighted by atomic mass is 10.0. The Hall–Kier alpha value is -2.84. The van der Waals surface area contributed by atoms with Crippen molar-refractivity contribution in [2.75, 3.05) is 31.6 Å². The van der Waals surface area contributed by atoms with Crippen molar-refractivity contribution in [3.8, 4) is 0 Å². The Bertz CT molecular complexity index is 1110. The van der Waals surface area contributed by atoms with E-state index in [1.54, 1.807) is 17.1 Å². The molecule has 0 bridgehead atoms. The van der Waals surface area contributed by atoms with Gasteiger partial charge in [-0.1, -0.05) is 18.6 Å². The largest absolute Gasteiger partial charge is 0.376 e. The van der Waals surface area contributed by atoms with Crippen LogP contribution in [0.5, 0.6) is 0 Å². The van der Waals surface area contributed by atoms with Crippen LogP contribution in [-0.4, -0.2) is 56.9 Å². The van der Waals surface area contributed by atoms with Gasteiger partial charge < -0.3 is 10.1 Å². The standard InChI is InChI=1S/C23H28N6O2/c30-22-13-17-15-31-12-8-20(17)27-29(22)11-10-28-9-4-3-5-18(28)14-24-23-19-6-1-2-7-21(19)25-16-26-23/h1-2,6-7,13,16,18H,3-5,8-12,14-15H2,(H,24,25,26). The minimum atomic E-state index is -0.0385. The van der Waals surface area contributed by atoms with Crippen LogP contribution >= 0.6 is 0 Å². The van der Waals surface area contributed by atoms with Crippen LogP contribution in [0.2, 0.25) is 0 Å².